The van der Waals surface area contributed by atoms with E-state index in [-0.39, 0.29) is 0 Å². The summed E-state index contributed by atoms with van der Waals surface area (Å²) in [6, 6.07) is 63.9. The molecule has 7 aromatic rings. The van der Waals surface area contributed by atoms with Crippen molar-refractivity contribution in [3.05, 3.63) is 198 Å². The minimum absolute atomic E-state index is 0.466. The Kier molecular flexibility index (Phi) is 5.75. The number of hydrogen-bond acceptors (Lipinski definition) is 1. The summed E-state index contributed by atoms with van der Waals surface area (Å²) in [6.07, 6.45) is 0. The third-order valence-corrected chi connectivity index (χ3v) is 8.71. The van der Waals surface area contributed by atoms with Crippen LogP contribution in [-0.2, 0) is 5.41 Å². The fourth-order valence-corrected chi connectivity index (χ4v) is 6.99. The highest BCUT2D eigenvalue weighted by atomic mass is 15.1. The summed E-state index contributed by atoms with van der Waals surface area (Å²) in [5, 5.41) is 2.55. The van der Waals surface area contributed by atoms with Crippen molar-refractivity contribution < 1.29 is 0 Å². The molecule has 0 aliphatic heterocycles. The number of fused-ring (bicyclic) bond motifs is 5. The van der Waals surface area contributed by atoms with E-state index in [9.17, 15) is 0 Å². The SMILES string of the molecule is c1ccc(N(c2ccccc2)c2ccc3c(c2)C(c2ccccc2)(c2ccccc2)c2ccc4ccccc4c2-3)cc1. The first-order chi connectivity index (χ1) is 20.9. The van der Waals surface area contributed by atoms with Crippen molar-refractivity contribution in [3.63, 3.8) is 0 Å². The molecule has 7 aromatic carbocycles. The Morgan fingerprint density at radius 1 is 0.381 bits per heavy atom. The average molecular weight is 536 g/mol. The van der Waals surface area contributed by atoms with Gasteiger partial charge in [0.25, 0.3) is 0 Å². The molecule has 42 heavy (non-hydrogen) atoms. The lowest BCUT2D eigenvalue weighted by Crippen LogP contribution is -2.28. The van der Waals surface area contributed by atoms with Gasteiger partial charge in [0.2, 0.25) is 0 Å². The van der Waals surface area contributed by atoms with E-state index in [1.807, 2.05) is 0 Å². The molecule has 0 N–H and O–H groups in total. The van der Waals surface area contributed by atoms with E-state index in [4.69, 9.17) is 0 Å². The van der Waals surface area contributed by atoms with Crippen LogP contribution in [0.5, 0.6) is 0 Å². The van der Waals surface area contributed by atoms with E-state index >= 15 is 0 Å². The standard InChI is InChI=1S/C41H29N/c1-5-16-31(17-6-1)41(32-18-7-2-8-19-32)38-28-25-30-15-13-14-24-36(30)40(38)37-27-26-35(29-39(37)41)42(33-20-9-3-10-21-33)34-22-11-4-12-23-34/h1-29H. The van der Waals surface area contributed by atoms with Crippen LogP contribution in [0.15, 0.2) is 176 Å². The molecule has 1 nitrogen and oxygen atoms in total. The molecule has 1 aliphatic rings. The molecular formula is C41H29N. The average Bonchev–Trinajstić information content (AvgIpc) is 3.38. The van der Waals surface area contributed by atoms with Crippen LogP contribution in [0.25, 0.3) is 21.9 Å². The van der Waals surface area contributed by atoms with Crippen molar-refractivity contribution in [2.75, 3.05) is 4.90 Å². The molecule has 0 aromatic heterocycles. The largest absolute Gasteiger partial charge is 0.310 e. The van der Waals surface area contributed by atoms with Crippen molar-refractivity contribution in [3.8, 4) is 11.1 Å². The summed E-state index contributed by atoms with van der Waals surface area (Å²) >= 11 is 0. The van der Waals surface area contributed by atoms with Gasteiger partial charge in [0, 0.05) is 17.1 Å². The summed E-state index contributed by atoms with van der Waals surface area (Å²) in [5.74, 6) is 0. The quantitative estimate of drug-likeness (QED) is 0.212. The van der Waals surface area contributed by atoms with Crippen molar-refractivity contribution in [2.45, 2.75) is 5.41 Å². The minimum Gasteiger partial charge on any atom is -0.310 e. The van der Waals surface area contributed by atoms with Gasteiger partial charge >= 0.3 is 0 Å². The first-order valence-electron chi connectivity index (χ1n) is 14.5. The van der Waals surface area contributed by atoms with Gasteiger partial charge in [0.15, 0.2) is 0 Å². The van der Waals surface area contributed by atoms with Crippen molar-refractivity contribution >= 4 is 27.8 Å². The first kappa shape index (κ1) is 24.4. The Bertz CT molecular complexity index is 1930. The van der Waals surface area contributed by atoms with Gasteiger partial charge in [0.05, 0.1) is 5.41 Å². The molecule has 198 valence electrons. The second kappa shape index (κ2) is 9.90. The van der Waals surface area contributed by atoms with Gasteiger partial charge in [0.1, 0.15) is 0 Å². The Morgan fingerprint density at radius 2 is 0.905 bits per heavy atom. The van der Waals surface area contributed by atoms with Crippen molar-refractivity contribution in [1.82, 2.24) is 0 Å². The van der Waals surface area contributed by atoms with E-state index in [0.29, 0.717) is 0 Å². The second-order valence-corrected chi connectivity index (χ2v) is 10.9. The molecule has 0 saturated heterocycles. The van der Waals surface area contributed by atoms with Crippen LogP contribution in [0.2, 0.25) is 0 Å². The summed E-state index contributed by atoms with van der Waals surface area (Å²) in [7, 11) is 0. The van der Waals surface area contributed by atoms with Crippen LogP contribution >= 0.6 is 0 Å². The lowest BCUT2D eigenvalue weighted by Gasteiger charge is -2.35. The van der Waals surface area contributed by atoms with Gasteiger partial charge in [-0.2, -0.15) is 0 Å². The minimum atomic E-state index is -0.466. The zero-order valence-electron chi connectivity index (χ0n) is 23.2. The fraction of sp³-hybridized carbons (Fsp3) is 0.0244. The number of hydrogen-bond donors (Lipinski definition) is 0. The summed E-state index contributed by atoms with van der Waals surface area (Å²) < 4.78 is 0. The number of anilines is 3. The Balaban J connectivity index is 1.49. The number of benzene rings is 7. The molecule has 1 aliphatic carbocycles. The molecule has 8 rings (SSSR count). The van der Waals surface area contributed by atoms with Crippen LogP contribution < -0.4 is 4.90 Å². The third-order valence-electron chi connectivity index (χ3n) is 8.71. The van der Waals surface area contributed by atoms with Crippen LogP contribution in [0.1, 0.15) is 22.3 Å². The molecule has 0 saturated carbocycles. The van der Waals surface area contributed by atoms with Crippen molar-refractivity contribution in [2.24, 2.45) is 0 Å². The zero-order chi connectivity index (χ0) is 27.9. The van der Waals surface area contributed by atoms with Crippen LogP contribution in [0.3, 0.4) is 0 Å². The van der Waals surface area contributed by atoms with Gasteiger partial charge in [-0.15, -0.1) is 0 Å². The lowest BCUT2D eigenvalue weighted by molar-refractivity contribution is 0.769. The van der Waals surface area contributed by atoms with Gasteiger partial charge < -0.3 is 4.90 Å². The second-order valence-electron chi connectivity index (χ2n) is 10.9. The monoisotopic (exact) mass is 535 g/mol. The first-order valence-corrected chi connectivity index (χ1v) is 14.5. The smallest absolute Gasteiger partial charge is 0.0714 e. The highest BCUT2D eigenvalue weighted by molar-refractivity contribution is 6.04. The molecule has 0 atom stereocenters. The van der Waals surface area contributed by atoms with Crippen LogP contribution in [0, 0.1) is 0 Å². The molecule has 0 unspecified atom stereocenters. The highest BCUT2D eigenvalue weighted by Crippen LogP contribution is 2.58. The molecular weight excluding hydrogens is 506 g/mol. The summed E-state index contributed by atoms with van der Waals surface area (Å²) in [6.45, 7) is 0. The third kappa shape index (κ3) is 3.64. The van der Waals surface area contributed by atoms with Crippen molar-refractivity contribution in [1.29, 1.82) is 0 Å². The molecule has 0 radical (unpaired) electrons. The Hall–Kier alpha value is -5.40. The molecule has 0 fully saturated rings. The number of rotatable bonds is 5. The van der Waals surface area contributed by atoms with E-state index in [1.165, 1.54) is 44.2 Å². The van der Waals surface area contributed by atoms with Crippen LogP contribution in [0.4, 0.5) is 17.1 Å². The zero-order valence-corrected chi connectivity index (χ0v) is 23.2. The topological polar surface area (TPSA) is 3.24 Å². The van der Waals surface area contributed by atoms with Crippen LogP contribution in [-0.4, -0.2) is 0 Å². The molecule has 1 heteroatoms. The highest BCUT2D eigenvalue weighted by Gasteiger charge is 2.47. The maximum atomic E-state index is 2.43. The van der Waals surface area contributed by atoms with E-state index in [0.717, 1.165) is 17.1 Å². The van der Waals surface area contributed by atoms with Gasteiger partial charge in [-0.1, -0.05) is 140 Å². The fourth-order valence-electron chi connectivity index (χ4n) is 6.99. The number of nitrogens with zero attached hydrogens (tertiary/aromatic N) is 1. The molecule has 0 spiro atoms. The summed E-state index contributed by atoms with van der Waals surface area (Å²) in [4.78, 5) is 2.36. The maximum absolute atomic E-state index is 2.43. The Labute approximate surface area is 247 Å². The van der Waals surface area contributed by atoms with Gasteiger partial charge in [-0.25, -0.2) is 0 Å². The maximum Gasteiger partial charge on any atom is 0.0714 e. The van der Waals surface area contributed by atoms with E-state index in [1.54, 1.807) is 0 Å². The van der Waals surface area contributed by atoms with E-state index in [2.05, 4.69) is 181 Å². The predicted octanol–water partition coefficient (Wildman–Crippen LogP) is 10.7. The Morgan fingerprint density at radius 3 is 1.50 bits per heavy atom. The molecule has 0 heterocycles. The molecule has 0 amide bonds. The molecule has 0 bridgehead atoms. The van der Waals surface area contributed by atoms with Gasteiger partial charge in [-0.05, 0) is 80.6 Å². The predicted molar refractivity (Wildman–Crippen MR) is 176 cm³/mol. The summed E-state index contributed by atoms with van der Waals surface area (Å²) in [5.41, 5.74) is 10.7. The van der Waals surface area contributed by atoms with E-state index < -0.39 is 5.41 Å². The normalized spacial score (nSPS) is 13.0. The lowest BCUT2D eigenvalue weighted by atomic mass is 9.67. The number of para-hydroxylation sites is 2. The van der Waals surface area contributed by atoms with Gasteiger partial charge in [-0.3, -0.25) is 0 Å².